The molecule has 0 aliphatic carbocycles. The smallest absolute Gasteiger partial charge is 0.0465 e. The van der Waals surface area contributed by atoms with E-state index in [9.17, 15) is 0 Å². The van der Waals surface area contributed by atoms with Crippen LogP contribution in [0.3, 0.4) is 0 Å². The monoisotopic (exact) mass is 624 g/mol. The normalized spacial score (nSPS) is 10.9. The first kappa shape index (κ1) is 26.3. The van der Waals surface area contributed by atoms with E-state index in [4.69, 9.17) is 0 Å². The van der Waals surface area contributed by atoms with Crippen LogP contribution in [0.25, 0.3) is 0 Å². The zero-order valence-electron chi connectivity index (χ0n) is 22.0. The van der Waals surface area contributed by atoms with E-state index in [2.05, 4.69) is 179 Å². The molecule has 0 saturated heterocycles. The summed E-state index contributed by atoms with van der Waals surface area (Å²) in [5.74, 6) is 0. The minimum Gasteiger partial charge on any atom is -0.311 e. The van der Waals surface area contributed by atoms with E-state index in [-0.39, 0.29) is 0 Å². The van der Waals surface area contributed by atoms with Gasteiger partial charge in [-0.05, 0) is 124 Å². The molecule has 0 spiro atoms. The minimum atomic E-state index is 1.10. The summed E-state index contributed by atoms with van der Waals surface area (Å²) < 4.78 is 2.21. The van der Waals surface area contributed by atoms with E-state index in [1.165, 1.54) is 22.3 Å². The first-order valence-corrected chi connectivity index (χ1v) is 14.2. The van der Waals surface area contributed by atoms with Gasteiger partial charge in [-0.2, -0.15) is 0 Å². The van der Waals surface area contributed by atoms with Crippen LogP contribution in [0.1, 0.15) is 22.3 Å². The van der Waals surface area contributed by atoms with Gasteiger partial charge in [-0.1, -0.05) is 67.3 Å². The second kappa shape index (κ2) is 11.2. The minimum absolute atomic E-state index is 1.10. The fourth-order valence-electron chi connectivity index (χ4n) is 4.57. The predicted molar refractivity (Wildman–Crippen MR) is 170 cm³/mol. The number of rotatable bonds is 6. The number of anilines is 6. The van der Waals surface area contributed by atoms with Gasteiger partial charge in [0.25, 0.3) is 0 Å². The molecule has 0 heterocycles. The molecule has 0 aromatic heterocycles. The van der Waals surface area contributed by atoms with Gasteiger partial charge >= 0.3 is 0 Å². The molecule has 190 valence electrons. The van der Waals surface area contributed by atoms with Crippen molar-refractivity contribution >= 4 is 66.0 Å². The number of benzene rings is 5. The van der Waals surface area contributed by atoms with Crippen molar-refractivity contribution in [1.82, 2.24) is 0 Å². The van der Waals surface area contributed by atoms with Crippen molar-refractivity contribution in [2.75, 3.05) is 9.80 Å². The van der Waals surface area contributed by atoms with Crippen LogP contribution >= 0.6 is 31.9 Å². The highest BCUT2D eigenvalue weighted by atomic mass is 79.9. The lowest BCUT2D eigenvalue weighted by molar-refractivity contribution is 1.23. The summed E-state index contributed by atoms with van der Waals surface area (Å²) in [7, 11) is 0. The Kier molecular flexibility index (Phi) is 7.73. The first-order chi connectivity index (χ1) is 18.3. The van der Waals surface area contributed by atoms with Crippen molar-refractivity contribution in [2.45, 2.75) is 27.7 Å². The number of halogens is 2. The molecular weight excluding hydrogens is 596 g/mol. The third-order valence-electron chi connectivity index (χ3n) is 6.75. The van der Waals surface area contributed by atoms with Crippen molar-refractivity contribution in [3.63, 3.8) is 0 Å². The van der Waals surface area contributed by atoms with Crippen molar-refractivity contribution in [1.29, 1.82) is 0 Å². The Morgan fingerprint density at radius 2 is 0.632 bits per heavy atom. The molecule has 0 aliphatic heterocycles. The zero-order chi connectivity index (χ0) is 26.8. The SMILES string of the molecule is Cc1ccc(N(c2ccc(C)cc2)c2ccc(N(c3ccc(Br)c(C)c3)c3ccc(Br)c(C)c3)cc2)cc1. The second-order valence-corrected chi connectivity index (χ2v) is 11.4. The molecule has 0 bridgehead atoms. The molecule has 5 rings (SSSR count). The molecule has 0 atom stereocenters. The number of hydrogen-bond donors (Lipinski definition) is 0. The maximum absolute atomic E-state index is 3.66. The van der Waals surface area contributed by atoms with Crippen LogP contribution in [0.2, 0.25) is 0 Å². The molecule has 4 heteroatoms. The van der Waals surface area contributed by atoms with Gasteiger partial charge in [0.15, 0.2) is 0 Å². The zero-order valence-corrected chi connectivity index (χ0v) is 25.2. The highest BCUT2D eigenvalue weighted by molar-refractivity contribution is 9.10. The van der Waals surface area contributed by atoms with Crippen LogP contribution in [0.5, 0.6) is 0 Å². The Balaban J connectivity index is 1.60. The molecular formula is C34H30Br2N2. The van der Waals surface area contributed by atoms with Crippen LogP contribution in [0.15, 0.2) is 118 Å². The van der Waals surface area contributed by atoms with Gasteiger partial charge in [0, 0.05) is 43.1 Å². The Morgan fingerprint density at radius 3 is 0.947 bits per heavy atom. The van der Waals surface area contributed by atoms with Gasteiger partial charge in [-0.15, -0.1) is 0 Å². The summed E-state index contributed by atoms with van der Waals surface area (Å²) in [5.41, 5.74) is 11.6. The lowest BCUT2D eigenvalue weighted by atomic mass is 10.1. The summed E-state index contributed by atoms with van der Waals surface area (Å²) in [4.78, 5) is 4.62. The Labute approximate surface area is 242 Å². The molecule has 0 saturated carbocycles. The molecule has 0 aliphatic rings. The van der Waals surface area contributed by atoms with E-state index >= 15 is 0 Å². The average molecular weight is 626 g/mol. The van der Waals surface area contributed by atoms with Crippen molar-refractivity contribution < 1.29 is 0 Å². The molecule has 0 N–H and O–H groups in total. The maximum Gasteiger partial charge on any atom is 0.0465 e. The second-order valence-electron chi connectivity index (χ2n) is 9.73. The van der Waals surface area contributed by atoms with Crippen molar-refractivity contribution in [3.05, 3.63) is 140 Å². The fraction of sp³-hybridized carbons (Fsp3) is 0.118. The highest BCUT2D eigenvalue weighted by Crippen LogP contribution is 2.40. The molecule has 5 aromatic rings. The quantitative estimate of drug-likeness (QED) is 0.185. The van der Waals surface area contributed by atoms with Gasteiger partial charge in [0.2, 0.25) is 0 Å². The van der Waals surface area contributed by atoms with Crippen LogP contribution < -0.4 is 9.80 Å². The maximum atomic E-state index is 3.66. The van der Waals surface area contributed by atoms with E-state index in [0.717, 1.165) is 43.1 Å². The van der Waals surface area contributed by atoms with Gasteiger partial charge < -0.3 is 9.80 Å². The van der Waals surface area contributed by atoms with E-state index in [1.54, 1.807) is 0 Å². The lowest BCUT2D eigenvalue weighted by Gasteiger charge is -2.29. The molecule has 2 nitrogen and oxygen atoms in total. The predicted octanol–water partition coefficient (Wildman–Crippen LogP) is 11.4. The summed E-state index contributed by atoms with van der Waals surface area (Å²) in [6.07, 6.45) is 0. The van der Waals surface area contributed by atoms with Crippen LogP contribution in [0, 0.1) is 27.7 Å². The Bertz CT molecular complexity index is 1460. The van der Waals surface area contributed by atoms with Crippen LogP contribution in [-0.4, -0.2) is 0 Å². The van der Waals surface area contributed by atoms with Crippen LogP contribution in [-0.2, 0) is 0 Å². The number of hydrogen-bond acceptors (Lipinski definition) is 2. The topological polar surface area (TPSA) is 6.48 Å². The number of aryl methyl sites for hydroxylation is 4. The molecule has 0 radical (unpaired) electrons. The summed E-state index contributed by atoms with van der Waals surface area (Å²) >= 11 is 7.32. The van der Waals surface area contributed by atoms with Gasteiger partial charge in [0.05, 0.1) is 0 Å². The summed E-state index contributed by atoms with van der Waals surface area (Å²) in [5, 5.41) is 0. The summed E-state index contributed by atoms with van der Waals surface area (Å²) in [6, 6.07) is 39.2. The Hall–Kier alpha value is -3.34. The van der Waals surface area contributed by atoms with Gasteiger partial charge in [-0.3, -0.25) is 0 Å². The standard InChI is InChI=1S/C34H30Br2N2/c1-23-5-9-27(10-6-23)37(28-11-7-24(2)8-12-28)29-13-15-30(16-14-29)38(31-17-19-33(35)25(3)21-31)32-18-20-34(36)26(4)22-32/h5-22H,1-4H3. The molecule has 0 amide bonds. The van der Waals surface area contributed by atoms with Gasteiger partial charge in [-0.25, -0.2) is 0 Å². The largest absolute Gasteiger partial charge is 0.311 e. The summed E-state index contributed by atoms with van der Waals surface area (Å²) in [6.45, 7) is 8.50. The van der Waals surface area contributed by atoms with Crippen LogP contribution in [0.4, 0.5) is 34.1 Å². The van der Waals surface area contributed by atoms with Gasteiger partial charge in [0.1, 0.15) is 0 Å². The number of nitrogens with zero attached hydrogens (tertiary/aromatic N) is 2. The van der Waals surface area contributed by atoms with E-state index in [0.29, 0.717) is 0 Å². The fourth-order valence-corrected chi connectivity index (χ4v) is 5.06. The first-order valence-electron chi connectivity index (χ1n) is 12.7. The van der Waals surface area contributed by atoms with Crippen molar-refractivity contribution in [3.8, 4) is 0 Å². The van der Waals surface area contributed by atoms with E-state index < -0.39 is 0 Å². The third kappa shape index (κ3) is 5.57. The van der Waals surface area contributed by atoms with E-state index in [1.807, 2.05) is 0 Å². The lowest BCUT2D eigenvalue weighted by Crippen LogP contribution is -2.12. The molecule has 38 heavy (non-hydrogen) atoms. The molecule has 0 unspecified atom stereocenters. The Morgan fingerprint density at radius 1 is 0.368 bits per heavy atom. The van der Waals surface area contributed by atoms with Crippen molar-refractivity contribution in [2.24, 2.45) is 0 Å². The average Bonchev–Trinajstić information content (AvgIpc) is 2.91. The molecule has 0 fully saturated rings. The third-order valence-corrected chi connectivity index (χ3v) is 8.53. The highest BCUT2D eigenvalue weighted by Gasteiger charge is 2.17. The molecule has 5 aromatic carbocycles.